The molecule has 2 aromatic rings. The van der Waals surface area contributed by atoms with Gasteiger partial charge in [0.05, 0.1) is 6.04 Å². The van der Waals surface area contributed by atoms with Crippen molar-refractivity contribution in [3.63, 3.8) is 0 Å². The fourth-order valence-corrected chi connectivity index (χ4v) is 3.34. The lowest BCUT2D eigenvalue weighted by atomic mass is 10.0. The van der Waals surface area contributed by atoms with E-state index >= 15 is 0 Å². The van der Waals surface area contributed by atoms with Gasteiger partial charge in [-0.25, -0.2) is 4.79 Å². The Balaban J connectivity index is 2.27. The number of carbonyl (C=O) groups is 4. The van der Waals surface area contributed by atoms with Crippen molar-refractivity contribution >= 4 is 34.7 Å². The number of benzene rings is 1. The van der Waals surface area contributed by atoms with Crippen LogP contribution in [0.3, 0.4) is 0 Å². The van der Waals surface area contributed by atoms with Gasteiger partial charge in [0.25, 0.3) is 0 Å². The Morgan fingerprint density at radius 3 is 2.42 bits per heavy atom. The number of H-pyrrole nitrogens is 1. The minimum Gasteiger partial charge on any atom is -0.508 e. The van der Waals surface area contributed by atoms with Gasteiger partial charge in [-0.15, -0.1) is 0 Å². The highest BCUT2D eigenvalue weighted by Gasteiger charge is 2.32. The minimum absolute atomic E-state index is 0.0437. The number of phenolic OH excluding ortho intramolecular Hbond substituents is 1. The number of nitrogens with one attached hydrogen (secondary N) is 1. The first-order valence-corrected chi connectivity index (χ1v) is 9.68. The molecule has 168 valence electrons. The Morgan fingerprint density at radius 2 is 1.81 bits per heavy atom. The number of aliphatic carboxylic acids is 2. The molecule has 0 aliphatic carbocycles. The van der Waals surface area contributed by atoms with Crippen LogP contribution in [-0.4, -0.2) is 67.6 Å². The first-order valence-electron chi connectivity index (χ1n) is 9.68. The standard InChI is InChI=1S/C20H26N4O7/c21-14(2-6-18(27)28)19(29)24(16(20(30)31)4-5-17(22)26)8-7-11-10-23-15-3-1-12(25)9-13(11)15/h1,3,9-10,14,16,23,25H,2,4-8,21H2,(H2,22,26)(H,27,28)(H,30,31)/t14-,16-/m0/s1. The normalized spacial score (nSPS) is 12.9. The van der Waals surface area contributed by atoms with Crippen LogP contribution in [-0.2, 0) is 25.6 Å². The van der Waals surface area contributed by atoms with E-state index < -0.39 is 35.8 Å². The van der Waals surface area contributed by atoms with Gasteiger partial charge in [-0.2, -0.15) is 0 Å². The number of rotatable bonds is 12. The molecular formula is C20H26N4O7. The first kappa shape index (κ1) is 23.7. The van der Waals surface area contributed by atoms with Crippen LogP contribution in [0.5, 0.6) is 5.75 Å². The van der Waals surface area contributed by atoms with Crippen LogP contribution < -0.4 is 11.5 Å². The van der Waals surface area contributed by atoms with E-state index in [9.17, 15) is 29.4 Å². The lowest BCUT2D eigenvalue weighted by Gasteiger charge is -2.31. The van der Waals surface area contributed by atoms with Gasteiger partial charge >= 0.3 is 11.9 Å². The SMILES string of the molecule is NC(=O)CC[C@@H](C(=O)O)N(CCc1c[nH]c2ccc(O)cc12)C(=O)[C@@H](N)CCC(=O)O. The maximum atomic E-state index is 12.9. The van der Waals surface area contributed by atoms with E-state index in [1.165, 1.54) is 6.07 Å². The molecule has 0 saturated carbocycles. The number of carbonyl (C=O) groups excluding carboxylic acids is 2. The van der Waals surface area contributed by atoms with Crippen molar-refractivity contribution in [1.29, 1.82) is 0 Å². The summed E-state index contributed by atoms with van der Waals surface area (Å²) in [6.07, 6.45) is 0.982. The minimum atomic E-state index is -1.35. The number of carboxylic acids is 2. The van der Waals surface area contributed by atoms with Gasteiger partial charge < -0.3 is 36.7 Å². The summed E-state index contributed by atoms with van der Waals surface area (Å²) in [6, 6.07) is 2.19. The van der Waals surface area contributed by atoms with Crippen molar-refractivity contribution in [3.05, 3.63) is 30.0 Å². The smallest absolute Gasteiger partial charge is 0.326 e. The molecule has 0 spiro atoms. The third-order valence-corrected chi connectivity index (χ3v) is 4.97. The highest BCUT2D eigenvalue weighted by molar-refractivity contribution is 5.88. The molecule has 0 fully saturated rings. The number of aromatic amines is 1. The second kappa shape index (κ2) is 10.4. The van der Waals surface area contributed by atoms with Crippen molar-refractivity contribution in [2.24, 2.45) is 11.5 Å². The summed E-state index contributed by atoms with van der Waals surface area (Å²) in [4.78, 5) is 50.8. The van der Waals surface area contributed by atoms with Crippen LogP contribution in [0.1, 0.15) is 31.2 Å². The number of nitrogens with two attached hydrogens (primary N) is 2. The van der Waals surface area contributed by atoms with Crippen LogP contribution >= 0.6 is 0 Å². The number of hydrogen-bond acceptors (Lipinski definition) is 6. The zero-order chi connectivity index (χ0) is 23.1. The molecule has 0 radical (unpaired) electrons. The Bertz CT molecular complexity index is 972. The van der Waals surface area contributed by atoms with Gasteiger partial charge in [0, 0.05) is 36.5 Å². The lowest BCUT2D eigenvalue weighted by Crippen LogP contribution is -2.52. The molecule has 2 rings (SSSR count). The van der Waals surface area contributed by atoms with Crippen molar-refractivity contribution < 1.29 is 34.5 Å². The molecular weight excluding hydrogens is 408 g/mol. The summed E-state index contributed by atoms with van der Waals surface area (Å²) in [5, 5.41) is 28.9. The van der Waals surface area contributed by atoms with Gasteiger partial charge in [-0.1, -0.05) is 0 Å². The number of aromatic nitrogens is 1. The third-order valence-electron chi connectivity index (χ3n) is 4.97. The molecule has 11 nitrogen and oxygen atoms in total. The molecule has 11 heteroatoms. The van der Waals surface area contributed by atoms with Gasteiger partial charge in [-0.3, -0.25) is 14.4 Å². The molecule has 0 aliphatic rings. The summed E-state index contributed by atoms with van der Waals surface area (Å²) < 4.78 is 0. The summed E-state index contributed by atoms with van der Waals surface area (Å²) >= 11 is 0. The second-order valence-corrected chi connectivity index (χ2v) is 7.22. The topological polar surface area (TPSA) is 200 Å². The van der Waals surface area contributed by atoms with Gasteiger partial charge in [0.1, 0.15) is 11.8 Å². The highest BCUT2D eigenvalue weighted by Crippen LogP contribution is 2.24. The van der Waals surface area contributed by atoms with E-state index in [0.717, 1.165) is 16.0 Å². The molecule has 1 aromatic heterocycles. The second-order valence-electron chi connectivity index (χ2n) is 7.22. The Hall–Kier alpha value is -3.60. The monoisotopic (exact) mass is 434 g/mol. The Morgan fingerprint density at radius 1 is 1.10 bits per heavy atom. The average Bonchev–Trinajstić information content (AvgIpc) is 3.09. The van der Waals surface area contributed by atoms with E-state index in [1.54, 1.807) is 18.3 Å². The van der Waals surface area contributed by atoms with E-state index in [4.69, 9.17) is 16.6 Å². The fourth-order valence-electron chi connectivity index (χ4n) is 3.34. The number of carboxylic acid groups (broad SMARTS) is 2. The zero-order valence-electron chi connectivity index (χ0n) is 16.8. The number of amides is 2. The van der Waals surface area contributed by atoms with Gasteiger partial charge in [0.15, 0.2) is 0 Å². The Kier molecular flexibility index (Phi) is 7.97. The van der Waals surface area contributed by atoms with E-state index in [2.05, 4.69) is 4.98 Å². The number of primary amides is 1. The molecule has 0 aliphatic heterocycles. The number of phenols is 1. The molecule has 0 unspecified atom stereocenters. The van der Waals surface area contributed by atoms with Crippen LogP contribution in [0.2, 0.25) is 0 Å². The predicted molar refractivity (Wildman–Crippen MR) is 110 cm³/mol. The van der Waals surface area contributed by atoms with Gasteiger partial charge in [-0.05, 0) is 43.0 Å². The van der Waals surface area contributed by atoms with Crippen LogP contribution in [0, 0.1) is 0 Å². The third kappa shape index (κ3) is 6.44. The quantitative estimate of drug-likeness (QED) is 0.271. The van der Waals surface area contributed by atoms with E-state index in [0.29, 0.717) is 5.39 Å². The summed E-state index contributed by atoms with van der Waals surface area (Å²) in [5.41, 5.74) is 12.5. The van der Waals surface area contributed by atoms with Crippen LogP contribution in [0.15, 0.2) is 24.4 Å². The zero-order valence-corrected chi connectivity index (χ0v) is 16.8. The van der Waals surface area contributed by atoms with Gasteiger partial charge in [0.2, 0.25) is 11.8 Å². The van der Waals surface area contributed by atoms with Crippen molar-refractivity contribution in [2.75, 3.05) is 6.54 Å². The number of fused-ring (bicyclic) bond motifs is 1. The fraction of sp³-hybridized carbons (Fsp3) is 0.400. The molecule has 1 aromatic carbocycles. The predicted octanol–water partition coefficient (Wildman–Crippen LogP) is 0.155. The maximum absolute atomic E-state index is 12.9. The summed E-state index contributed by atoms with van der Waals surface area (Å²) in [7, 11) is 0. The molecule has 0 bridgehead atoms. The van der Waals surface area contributed by atoms with Crippen molar-refractivity contribution in [2.45, 2.75) is 44.2 Å². The summed E-state index contributed by atoms with van der Waals surface area (Å²) in [5.74, 6) is -3.82. The van der Waals surface area contributed by atoms with E-state index in [1.807, 2.05) is 0 Å². The first-order chi connectivity index (χ1) is 14.6. The number of hydrogen-bond donors (Lipinski definition) is 6. The van der Waals surface area contributed by atoms with Crippen LogP contribution in [0.25, 0.3) is 10.9 Å². The molecule has 0 saturated heterocycles. The van der Waals surface area contributed by atoms with E-state index in [-0.39, 0.29) is 44.4 Å². The highest BCUT2D eigenvalue weighted by atomic mass is 16.4. The van der Waals surface area contributed by atoms with Crippen molar-refractivity contribution in [1.82, 2.24) is 9.88 Å². The molecule has 2 atom stereocenters. The maximum Gasteiger partial charge on any atom is 0.326 e. The average molecular weight is 434 g/mol. The van der Waals surface area contributed by atoms with Crippen LogP contribution in [0.4, 0.5) is 0 Å². The number of aromatic hydroxyl groups is 1. The Labute approximate surface area is 177 Å². The van der Waals surface area contributed by atoms with Crippen molar-refractivity contribution in [3.8, 4) is 5.75 Å². The lowest BCUT2D eigenvalue weighted by molar-refractivity contribution is -0.151. The number of nitrogens with zero attached hydrogens (tertiary/aromatic N) is 1. The summed E-state index contributed by atoms with van der Waals surface area (Å²) in [6.45, 7) is -0.0437. The molecule has 31 heavy (non-hydrogen) atoms. The molecule has 2 amide bonds. The largest absolute Gasteiger partial charge is 0.508 e. The molecule has 8 N–H and O–H groups in total. The molecule has 1 heterocycles.